The molecule has 0 aliphatic rings. The maximum atomic E-state index is 5.89. The first kappa shape index (κ1) is 18.0. The predicted octanol–water partition coefficient (Wildman–Crippen LogP) is 5.06. The van der Waals surface area contributed by atoms with Crippen molar-refractivity contribution in [1.29, 1.82) is 0 Å². The van der Waals surface area contributed by atoms with Crippen molar-refractivity contribution in [2.45, 2.75) is 72.3 Å². The fraction of sp³-hybridized carbons (Fsp3) is 0.684. The number of rotatable bonds is 10. The van der Waals surface area contributed by atoms with Gasteiger partial charge in [-0.1, -0.05) is 33.8 Å². The summed E-state index contributed by atoms with van der Waals surface area (Å²) in [6.07, 6.45) is 4.70. The van der Waals surface area contributed by atoms with E-state index in [0.29, 0.717) is 12.0 Å². The average Bonchev–Trinajstić information content (AvgIpc) is 2.46. The minimum absolute atomic E-state index is 0.578. The van der Waals surface area contributed by atoms with E-state index in [-0.39, 0.29) is 0 Å². The molecular formula is C19H33NO. The topological polar surface area (TPSA) is 21.3 Å². The Morgan fingerprint density at radius 2 is 1.95 bits per heavy atom. The molecule has 0 fully saturated rings. The molecule has 1 rings (SSSR count). The first-order valence-electron chi connectivity index (χ1n) is 8.55. The number of nitrogens with one attached hydrogen (secondary N) is 1. The van der Waals surface area contributed by atoms with Gasteiger partial charge in [0.2, 0.25) is 0 Å². The van der Waals surface area contributed by atoms with Gasteiger partial charge in [-0.2, -0.15) is 0 Å². The number of hydrogen-bond acceptors (Lipinski definition) is 2. The minimum atomic E-state index is 0.578. The molecule has 0 radical (unpaired) electrons. The molecule has 21 heavy (non-hydrogen) atoms. The summed E-state index contributed by atoms with van der Waals surface area (Å²) in [6.45, 7) is 13.0. The highest BCUT2D eigenvalue weighted by Crippen LogP contribution is 2.23. The second kappa shape index (κ2) is 9.83. The van der Waals surface area contributed by atoms with Crippen LogP contribution in [-0.2, 0) is 0 Å². The van der Waals surface area contributed by atoms with Crippen LogP contribution in [0.3, 0.4) is 0 Å². The third-order valence-electron chi connectivity index (χ3n) is 4.00. The van der Waals surface area contributed by atoms with Crippen molar-refractivity contribution in [3.63, 3.8) is 0 Å². The predicted molar refractivity (Wildman–Crippen MR) is 92.4 cm³/mol. The monoisotopic (exact) mass is 291 g/mol. The molecule has 0 heterocycles. The summed E-state index contributed by atoms with van der Waals surface area (Å²) in [5, 5.41) is 3.59. The fourth-order valence-corrected chi connectivity index (χ4v) is 2.70. The lowest BCUT2D eigenvalue weighted by Gasteiger charge is -2.17. The molecule has 1 N–H and O–H groups in total. The second-order valence-corrected chi connectivity index (χ2v) is 6.22. The molecule has 0 amide bonds. The molecule has 2 nitrogen and oxygen atoms in total. The summed E-state index contributed by atoms with van der Waals surface area (Å²) >= 11 is 0. The molecule has 2 heteroatoms. The van der Waals surface area contributed by atoms with E-state index in [0.717, 1.165) is 25.3 Å². The van der Waals surface area contributed by atoms with Crippen LogP contribution < -0.4 is 10.1 Å². The largest absolute Gasteiger partial charge is 0.494 e. The standard InChI is InChI=1S/C19H33NO/c1-6-12-20-17(7-2)9-8-13-21-18-10-11-19(15(3)4)16(5)14-18/h10-11,14-15,17,20H,6-9,12-13H2,1-5H3. The molecule has 1 aromatic rings. The van der Waals surface area contributed by atoms with Gasteiger partial charge < -0.3 is 10.1 Å². The summed E-state index contributed by atoms with van der Waals surface area (Å²) in [5.74, 6) is 1.58. The molecule has 120 valence electrons. The van der Waals surface area contributed by atoms with Crippen LogP contribution in [0.2, 0.25) is 0 Å². The van der Waals surface area contributed by atoms with Crippen LogP contribution in [0, 0.1) is 6.92 Å². The van der Waals surface area contributed by atoms with Crippen molar-refractivity contribution in [3.05, 3.63) is 29.3 Å². The summed E-state index contributed by atoms with van der Waals surface area (Å²) in [4.78, 5) is 0. The van der Waals surface area contributed by atoms with Gasteiger partial charge in [-0.25, -0.2) is 0 Å². The normalized spacial score (nSPS) is 12.7. The lowest BCUT2D eigenvalue weighted by atomic mass is 9.98. The summed E-state index contributed by atoms with van der Waals surface area (Å²) in [6, 6.07) is 7.11. The van der Waals surface area contributed by atoms with Crippen LogP contribution in [0.25, 0.3) is 0 Å². The van der Waals surface area contributed by atoms with Gasteiger partial charge in [-0.15, -0.1) is 0 Å². The van der Waals surface area contributed by atoms with E-state index < -0.39 is 0 Å². The zero-order chi connectivity index (χ0) is 15.7. The van der Waals surface area contributed by atoms with E-state index in [1.807, 2.05) is 0 Å². The van der Waals surface area contributed by atoms with E-state index in [2.05, 4.69) is 58.1 Å². The Bertz CT molecular complexity index is 401. The third kappa shape index (κ3) is 6.52. The Kier molecular flexibility index (Phi) is 8.44. The molecule has 0 aliphatic heterocycles. The van der Waals surface area contributed by atoms with Gasteiger partial charge >= 0.3 is 0 Å². The first-order valence-corrected chi connectivity index (χ1v) is 8.55. The molecule has 0 spiro atoms. The van der Waals surface area contributed by atoms with Crippen LogP contribution in [0.5, 0.6) is 5.75 Å². The Morgan fingerprint density at radius 1 is 1.19 bits per heavy atom. The summed E-state index contributed by atoms with van der Waals surface area (Å²) in [7, 11) is 0. The Balaban J connectivity index is 2.34. The number of aryl methyl sites for hydroxylation is 1. The van der Waals surface area contributed by atoms with Crippen molar-refractivity contribution in [1.82, 2.24) is 5.32 Å². The van der Waals surface area contributed by atoms with E-state index in [4.69, 9.17) is 4.74 Å². The maximum Gasteiger partial charge on any atom is 0.119 e. The zero-order valence-corrected chi connectivity index (χ0v) is 14.5. The Morgan fingerprint density at radius 3 is 2.52 bits per heavy atom. The van der Waals surface area contributed by atoms with Crippen molar-refractivity contribution < 1.29 is 4.74 Å². The van der Waals surface area contributed by atoms with Gasteiger partial charge in [-0.3, -0.25) is 0 Å². The highest BCUT2D eigenvalue weighted by atomic mass is 16.5. The van der Waals surface area contributed by atoms with Crippen molar-refractivity contribution in [2.24, 2.45) is 0 Å². The fourth-order valence-electron chi connectivity index (χ4n) is 2.70. The number of ether oxygens (including phenoxy) is 1. The summed E-state index contributed by atoms with van der Waals surface area (Å²) < 4.78 is 5.89. The van der Waals surface area contributed by atoms with Crippen LogP contribution in [-0.4, -0.2) is 19.2 Å². The Labute approximate surface area is 131 Å². The molecule has 0 saturated carbocycles. The quantitative estimate of drug-likeness (QED) is 0.609. The van der Waals surface area contributed by atoms with E-state index in [1.54, 1.807) is 0 Å². The Hall–Kier alpha value is -1.02. The lowest BCUT2D eigenvalue weighted by molar-refractivity contribution is 0.294. The molecular weight excluding hydrogens is 258 g/mol. The molecule has 0 bridgehead atoms. The highest BCUT2D eigenvalue weighted by molar-refractivity contribution is 5.36. The van der Waals surface area contributed by atoms with Gasteiger partial charge in [-0.05, 0) is 68.3 Å². The van der Waals surface area contributed by atoms with Crippen molar-refractivity contribution in [2.75, 3.05) is 13.2 Å². The van der Waals surface area contributed by atoms with Gasteiger partial charge in [0.25, 0.3) is 0 Å². The second-order valence-electron chi connectivity index (χ2n) is 6.22. The smallest absolute Gasteiger partial charge is 0.119 e. The molecule has 0 aromatic heterocycles. The average molecular weight is 291 g/mol. The lowest BCUT2D eigenvalue weighted by Crippen LogP contribution is -2.29. The van der Waals surface area contributed by atoms with Crippen LogP contribution >= 0.6 is 0 Å². The maximum absolute atomic E-state index is 5.89. The highest BCUT2D eigenvalue weighted by Gasteiger charge is 2.06. The van der Waals surface area contributed by atoms with E-state index in [9.17, 15) is 0 Å². The summed E-state index contributed by atoms with van der Waals surface area (Å²) in [5.41, 5.74) is 2.75. The van der Waals surface area contributed by atoms with Crippen LogP contribution in [0.15, 0.2) is 18.2 Å². The third-order valence-corrected chi connectivity index (χ3v) is 4.00. The zero-order valence-electron chi connectivity index (χ0n) is 14.5. The van der Waals surface area contributed by atoms with Crippen LogP contribution in [0.1, 0.15) is 70.4 Å². The molecule has 1 atom stereocenters. The van der Waals surface area contributed by atoms with Crippen LogP contribution in [0.4, 0.5) is 0 Å². The van der Waals surface area contributed by atoms with E-state index >= 15 is 0 Å². The van der Waals surface area contributed by atoms with Gasteiger partial charge in [0, 0.05) is 6.04 Å². The van der Waals surface area contributed by atoms with Crippen molar-refractivity contribution in [3.8, 4) is 5.75 Å². The minimum Gasteiger partial charge on any atom is -0.494 e. The molecule has 1 aromatic carbocycles. The molecule has 1 unspecified atom stereocenters. The van der Waals surface area contributed by atoms with E-state index in [1.165, 1.54) is 30.4 Å². The molecule has 0 saturated heterocycles. The van der Waals surface area contributed by atoms with Gasteiger partial charge in [0.05, 0.1) is 6.61 Å². The number of benzene rings is 1. The van der Waals surface area contributed by atoms with Gasteiger partial charge in [0.1, 0.15) is 5.75 Å². The van der Waals surface area contributed by atoms with Gasteiger partial charge in [0.15, 0.2) is 0 Å². The first-order chi connectivity index (χ1) is 10.1. The SMILES string of the molecule is CCCNC(CC)CCCOc1ccc(C(C)C)c(C)c1. The van der Waals surface area contributed by atoms with Crippen molar-refractivity contribution >= 4 is 0 Å². The number of hydrogen-bond donors (Lipinski definition) is 1. The molecule has 0 aliphatic carbocycles.